The average Bonchev–Trinajstić information content (AvgIpc) is 2.82. The number of carbonyl (C=O) groups is 2. The van der Waals surface area contributed by atoms with Gasteiger partial charge in [-0.1, -0.05) is 96.4 Å². The monoisotopic (exact) mass is 646 g/mol. The normalized spacial score (nSPS) is 12.8. The van der Waals surface area contributed by atoms with Crippen LogP contribution in [0.1, 0.15) is 140 Å². The minimum Gasteiger partial charge on any atom is -0.507 e. The van der Waals surface area contributed by atoms with Crippen molar-refractivity contribution in [2.75, 3.05) is 0 Å². The van der Waals surface area contributed by atoms with Gasteiger partial charge in [-0.25, -0.2) is 0 Å². The number of phenolic OH excluding ortho intramolecular Hbond substituents is 1. The molecule has 0 fully saturated rings. The molecule has 2 aromatic rings. The first-order chi connectivity index (χ1) is 19.7. The Hall–Kier alpha value is -2.12. The molecular formula is C37H58O5S2. The first kappa shape index (κ1) is 39.9. The number of carboxylic acid groups (broad SMARTS) is 1. The van der Waals surface area contributed by atoms with Crippen molar-refractivity contribution < 1.29 is 24.5 Å². The Balaban J connectivity index is 0.00000146. The molecule has 2 N–H and O–H groups in total. The molecule has 0 spiro atoms. The Morgan fingerprint density at radius 2 is 1.09 bits per heavy atom. The highest BCUT2D eigenvalue weighted by molar-refractivity contribution is 8.18. The van der Waals surface area contributed by atoms with Crippen molar-refractivity contribution in [1.82, 2.24) is 0 Å². The van der Waals surface area contributed by atoms with E-state index in [0.29, 0.717) is 16.9 Å². The lowest BCUT2D eigenvalue weighted by molar-refractivity contribution is -0.142. The van der Waals surface area contributed by atoms with Gasteiger partial charge in [0.05, 0.1) is 16.9 Å². The predicted octanol–water partition coefficient (Wildman–Crippen LogP) is 11.1. The molecule has 0 radical (unpaired) electrons. The highest BCUT2D eigenvalue weighted by atomic mass is 32.2. The minimum atomic E-state index is -1.03. The van der Waals surface area contributed by atoms with E-state index < -0.39 is 11.9 Å². The third-order valence-electron chi connectivity index (χ3n) is 7.01. The minimum absolute atomic E-state index is 0.168. The van der Waals surface area contributed by atoms with Crippen LogP contribution in [0.15, 0.2) is 40.1 Å². The zero-order chi connectivity index (χ0) is 34.5. The molecule has 44 heavy (non-hydrogen) atoms. The van der Waals surface area contributed by atoms with Crippen LogP contribution in [0.25, 0.3) is 0 Å². The van der Waals surface area contributed by atoms with Crippen molar-refractivity contribution in [3.63, 3.8) is 0 Å². The van der Waals surface area contributed by atoms with Crippen LogP contribution >= 0.6 is 23.5 Å². The molecule has 248 valence electrons. The van der Waals surface area contributed by atoms with Crippen LogP contribution < -0.4 is 4.74 Å². The number of esters is 1. The first-order valence-corrected chi connectivity index (χ1v) is 17.1. The van der Waals surface area contributed by atoms with Crippen molar-refractivity contribution in [2.45, 2.75) is 153 Å². The average molecular weight is 647 g/mol. The van der Waals surface area contributed by atoms with Crippen LogP contribution in [0.2, 0.25) is 0 Å². The van der Waals surface area contributed by atoms with E-state index in [4.69, 9.17) is 9.84 Å². The topological polar surface area (TPSA) is 83.8 Å². The molecular weight excluding hydrogens is 589 g/mol. The van der Waals surface area contributed by atoms with Crippen LogP contribution in [-0.2, 0) is 25.8 Å². The maximum absolute atomic E-state index is 12.2. The number of phenols is 1. The van der Waals surface area contributed by atoms with Crippen molar-refractivity contribution in [3.05, 3.63) is 47.0 Å². The smallest absolute Gasteiger partial charge is 0.311 e. The van der Waals surface area contributed by atoms with Crippen molar-refractivity contribution in [1.29, 1.82) is 0 Å². The standard InChI is InChI=1S/C31H44O5S2.C6H14/c1-28(2,3)21-16-19(12-13-24(21)36-26(34)15-14-25(32)33)37-31(10,11)38-20-17-22(29(4,5)6)27(35)23(18-20)30(7,8)9;1-5-6(2,3)4/h12-13,16-18,35H,14-15H2,1-11H3,(H,32,33);5H2,1-4H3. The predicted molar refractivity (Wildman–Crippen MR) is 189 cm³/mol. The molecule has 0 saturated carbocycles. The molecule has 0 bridgehead atoms. The summed E-state index contributed by atoms with van der Waals surface area (Å²) in [7, 11) is 0. The number of benzene rings is 2. The number of thioether (sulfide) groups is 2. The van der Waals surface area contributed by atoms with Gasteiger partial charge in [0, 0.05) is 26.5 Å². The Morgan fingerprint density at radius 1 is 0.682 bits per heavy atom. The first-order valence-electron chi connectivity index (χ1n) is 15.5. The molecule has 5 nitrogen and oxygen atoms in total. The number of hydrogen-bond acceptors (Lipinski definition) is 6. The maximum atomic E-state index is 12.2. The van der Waals surface area contributed by atoms with Gasteiger partial charge in [-0.15, -0.1) is 23.5 Å². The Morgan fingerprint density at radius 3 is 1.48 bits per heavy atom. The van der Waals surface area contributed by atoms with Gasteiger partial charge in [0.15, 0.2) is 0 Å². The number of rotatable bonds is 8. The van der Waals surface area contributed by atoms with Gasteiger partial charge >= 0.3 is 11.9 Å². The van der Waals surface area contributed by atoms with Gasteiger partial charge in [0.2, 0.25) is 0 Å². The van der Waals surface area contributed by atoms with Crippen molar-refractivity contribution >= 4 is 35.5 Å². The molecule has 7 heteroatoms. The summed E-state index contributed by atoms with van der Waals surface area (Å²) in [5, 5.41) is 20.0. The van der Waals surface area contributed by atoms with Gasteiger partial charge in [-0.05, 0) is 65.8 Å². The highest BCUT2D eigenvalue weighted by Gasteiger charge is 2.30. The third-order valence-corrected chi connectivity index (χ3v) is 9.46. The molecule has 2 rings (SSSR count). The number of carbonyl (C=O) groups excluding carboxylic acids is 1. The lowest BCUT2D eigenvalue weighted by Crippen LogP contribution is -2.18. The van der Waals surface area contributed by atoms with E-state index in [0.717, 1.165) is 26.5 Å². The molecule has 0 amide bonds. The molecule has 0 aliphatic rings. The second-order valence-electron chi connectivity index (χ2n) is 16.2. The van der Waals surface area contributed by atoms with Crippen molar-refractivity contribution in [2.24, 2.45) is 5.41 Å². The fourth-order valence-corrected chi connectivity index (χ4v) is 6.57. The SMILES string of the molecule is CC(C)(Sc1ccc(OC(=O)CCC(=O)O)c(C(C)(C)C)c1)Sc1cc(C(C)(C)C)c(O)c(C(C)(C)C)c1.CCC(C)(C)C. The van der Waals surface area contributed by atoms with Crippen molar-refractivity contribution in [3.8, 4) is 11.5 Å². The molecule has 0 aromatic heterocycles. The maximum Gasteiger partial charge on any atom is 0.311 e. The lowest BCUT2D eigenvalue weighted by Gasteiger charge is -2.30. The van der Waals surface area contributed by atoms with Crippen LogP contribution in [0.4, 0.5) is 0 Å². The molecule has 0 heterocycles. The summed E-state index contributed by atoms with van der Waals surface area (Å²) in [6.07, 6.45) is 0.847. The fraction of sp³-hybridized carbons (Fsp3) is 0.622. The van der Waals surface area contributed by atoms with Gasteiger partial charge in [0.25, 0.3) is 0 Å². The number of hydrogen-bond donors (Lipinski definition) is 2. The van der Waals surface area contributed by atoms with Gasteiger partial charge in [0.1, 0.15) is 11.5 Å². The quantitative estimate of drug-likeness (QED) is 0.128. The number of carboxylic acids is 1. The number of aromatic hydroxyl groups is 1. The zero-order valence-corrected chi connectivity index (χ0v) is 31.6. The van der Waals surface area contributed by atoms with E-state index in [2.05, 4.69) is 122 Å². The van der Waals surface area contributed by atoms with Crippen LogP contribution in [0, 0.1) is 5.41 Å². The van der Waals surface area contributed by atoms with Gasteiger partial charge in [-0.2, -0.15) is 0 Å². The summed E-state index contributed by atoms with van der Waals surface area (Å²) < 4.78 is 5.32. The number of aliphatic carboxylic acids is 1. The van der Waals surface area contributed by atoms with E-state index in [1.807, 2.05) is 6.07 Å². The van der Waals surface area contributed by atoms with Crippen LogP contribution in [0.3, 0.4) is 0 Å². The summed E-state index contributed by atoms with van der Waals surface area (Å²) in [6.45, 7) is 32.2. The van der Waals surface area contributed by atoms with E-state index in [1.54, 1.807) is 29.6 Å². The molecule has 0 unspecified atom stereocenters. The Bertz CT molecular complexity index is 1250. The summed E-state index contributed by atoms with van der Waals surface area (Å²) in [5.41, 5.74) is 2.64. The van der Waals surface area contributed by atoms with E-state index >= 15 is 0 Å². The molecule has 0 saturated heterocycles. The van der Waals surface area contributed by atoms with E-state index in [1.165, 1.54) is 6.42 Å². The largest absolute Gasteiger partial charge is 0.507 e. The second kappa shape index (κ2) is 15.0. The Labute approximate surface area is 276 Å². The van der Waals surface area contributed by atoms with Gasteiger partial charge < -0.3 is 14.9 Å². The Kier molecular flexibility index (Phi) is 13.6. The zero-order valence-electron chi connectivity index (χ0n) is 29.9. The lowest BCUT2D eigenvalue weighted by atomic mass is 9.79. The van der Waals surface area contributed by atoms with E-state index in [9.17, 15) is 14.7 Å². The molecule has 0 aliphatic heterocycles. The summed E-state index contributed by atoms with van der Waals surface area (Å²) >= 11 is 3.48. The van der Waals surface area contributed by atoms with Crippen LogP contribution in [-0.4, -0.2) is 26.2 Å². The number of ether oxygens (including phenoxy) is 1. The molecule has 0 aliphatic carbocycles. The molecule has 2 aromatic carbocycles. The van der Waals surface area contributed by atoms with Crippen LogP contribution in [0.5, 0.6) is 11.5 Å². The highest BCUT2D eigenvalue weighted by Crippen LogP contribution is 2.49. The fourth-order valence-electron chi connectivity index (χ4n) is 4.03. The summed E-state index contributed by atoms with van der Waals surface area (Å²) in [6, 6.07) is 10.0. The summed E-state index contributed by atoms with van der Waals surface area (Å²) in [4.78, 5) is 25.2. The summed E-state index contributed by atoms with van der Waals surface area (Å²) in [5.74, 6) is -0.734. The van der Waals surface area contributed by atoms with Gasteiger partial charge in [-0.3, -0.25) is 9.59 Å². The third kappa shape index (κ3) is 13.5. The molecule has 0 atom stereocenters. The second-order valence-corrected chi connectivity index (χ2v) is 19.8. The van der Waals surface area contributed by atoms with E-state index in [-0.39, 0.29) is 33.2 Å².